The Hall–Kier alpha value is -2.42. The third-order valence-corrected chi connectivity index (χ3v) is 2.62. The Balaban J connectivity index is 1.98. The zero-order valence-corrected chi connectivity index (χ0v) is 9.17. The molecule has 0 aromatic carbocycles. The van der Waals surface area contributed by atoms with Crippen molar-refractivity contribution in [1.82, 2.24) is 15.0 Å². The Kier molecular flexibility index (Phi) is 2.43. The summed E-state index contributed by atoms with van der Waals surface area (Å²) in [6.45, 7) is 0. The van der Waals surface area contributed by atoms with Gasteiger partial charge in [0.25, 0.3) is 0 Å². The van der Waals surface area contributed by atoms with Crippen LogP contribution in [0.2, 0.25) is 0 Å². The number of pyridine rings is 2. The summed E-state index contributed by atoms with van der Waals surface area (Å²) in [5.41, 5.74) is 3.14. The van der Waals surface area contributed by atoms with Gasteiger partial charge in [0.15, 0.2) is 0 Å². The van der Waals surface area contributed by atoms with Crippen molar-refractivity contribution in [3.8, 4) is 0 Å². The minimum atomic E-state index is 0.915. The van der Waals surface area contributed by atoms with Crippen molar-refractivity contribution in [2.75, 3.05) is 0 Å². The summed E-state index contributed by atoms with van der Waals surface area (Å²) in [6, 6.07) is 7.95. The van der Waals surface area contributed by atoms with Crippen LogP contribution in [-0.2, 0) is 0 Å². The van der Waals surface area contributed by atoms with Gasteiger partial charge in [-0.3, -0.25) is 4.98 Å². The highest BCUT2D eigenvalue weighted by Gasteiger charge is 1.99. The van der Waals surface area contributed by atoms with Gasteiger partial charge in [-0.15, -0.1) is 0 Å². The molecule has 3 heterocycles. The monoisotopic (exact) mass is 221 g/mol. The van der Waals surface area contributed by atoms with Gasteiger partial charge in [0.05, 0.1) is 0 Å². The second kappa shape index (κ2) is 4.22. The normalized spacial score (nSPS) is 11.3. The zero-order valence-electron chi connectivity index (χ0n) is 9.17. The minimum absolute atomic E-state index is 0.915. The number of hydrogen-bond donors (Lipinski definition) is 1. The molecule has 0 bridgehead atoms. The lowest BCUT2D eigenvalue weighted by atomic mass is 10.2. The molecule has 17 heavy (non-hydrogen) atoms. The molecule has 3 heteroatoms. The van der Waals surface area contributed by atoms with E-state index in [1.54, 1.807) is 12.4 Å². The summed E-state index contributed by atoms with van der Waals surface area (Å²) in [6.07, 6.45) is 11.5. The predicted molar refractivity (Wildman–Crippen MR) is 69.3 cm³/mol. The molecule has 0 unspecified atom stereocenters. The number of aromatic nitrogens is 3. The Labute approximate surface area is 98.9 Å². The second-order valence-corrected chi connectivity index (χ2v) is 3.76. The van der Waals surface area contributed by atoms with E-state index < -0.39 is 0 Å². The lowest BCUT2D eigenvalue weighted by Gasteiger charge is -1.91. The third kappa shape index (κ3) is 1.95. The Bertz CT molecular complexity index is 653. The molecule has 0 fully saturated rings. The van der Waals surface area contributed by atoms with Gasteiger partial charge in [-0.05, 0) is 23.8 Å². The van der Waals surface area contributed by atoms with E-state index in [1.807, 2.05) is 36.7 Å². The summed E-state index contributed by atoms with van der Waals surface area (Å²) in [7, 11) is 0. The van der Waals surface area contributed by atoms with E-state index in [0.29, 0.717) is 0 Å². The first-order valence-electron chi connectivity index (χ1n) is 5.44. The van der Waals surface area contributed by atoms with Crippen molar-refractivity contribution in [3.63, 3.8) is 0 Å². The summed E-state index contributed by atoms with van der Waals surface area (Å²) in [4.78, 5) is 11.5. The van der Waals surface area contributed by atoms with E-state index in [9.17, 15) is 0 Å². The molecular weight excluding hydrogens is 210 g/mol. The van der Waals surface area contributed by atoms with Crippen molar-refractivity contribution >= 4 is 23.2 Å². The van der Waals surface area contributed by atoms with Crippen LogP contribution >= 0.6 is 0 Å². The molecule has 0 atom stereocenters. The van der Waals surface area contributed by atoms with Gasteiger partial charge in [-0.1, -0.05) is 18.2 Å². The van der Waals surface area contributed by atoms with Crippen molar-refractivity contribution < 1.29 is 0 Å². The standard InChI is InChI=1S/C14H11N3/c1-3-11(9-15-7-1)5-6-12-10-17-14-13(12)4-2-8-16-14/h1-10H,(H,16,17)/b6-5+. The van der Waals surface area contributed by atoms with E-state index >= 15 is 0 Å². The lowest BCUT2D eigenvalue weighted by molar-refractivity contribution is 1.32. The maximum atomic E-state index is 4.26. The number of aromatic amines is 1. The van der Waals surface area contributed by atoms with Gasteiger partial charge >= 0.3 is 0 Å². The average molecular weight is 221 g/mol. The third-order valence-electron chi connectivity index (χ3n) is 2.62. The van der Waals surface area contributed by atoms with Gasteiger partial charge in [-0.2, -0.15) is 0 Å². The highest BCUT2D eigenvalue weighted by molar-refractivity contribution is 5.89. The topological polar surface area (TPSA) is 41.6 Å². The first-order valence-corrected chi connectivity index (χ1v) is 5.44. The van der Waals surface area contributed by atoms with Crippen LogP contribution in [0.5, 0.6) is 0 Å². The van der Waals surface area contributed by atoms with Crippen molar-refractivity contribution in [1.29, 1.82) is 0 Å². The van der Waals surface area contributed by atoms with Gasteiger partial charge < -0.3 is 4.98 Å². The van der Waals surface area contributed by atoms with Crippen LogP contribution in [0.15, 0.2) is 49.1 Å². The molecule has 0 spiro atoms. The molecule has 3 aromatic rings. The first-order chi connectivity index (χ1) is 8.43. The van der Waals surface area contributed by atoms with Gasteiger partial charge in [-0.25, -0.2) is 4.98 Å². The Morgan fingerprint density at radius 2 is 2.00 bits per heavy atom. The van der Waals surface area contributed by atoms with E-state index in [1.165, 1.54) is 0 Å². The molecular formula is C14H11N3. The van der Waals surface area contributed by atoms with Crippen LogP contribution in [0.3, 0.4) is 0 Å². The lowest BCUT2D eigenvalue weighted by Crippen LogP contribution is -1.74. The van der Waals surface area contributed by atoms with Crippen LogP contribution < -0.4 is 0 Å². The van der Waals surface area contributed by atoms with Gasteiger partial charge in [0, 0.05) is 35.7 Å². The number of fused-ring (bicyclic) bond motifs is 1. The number of H-pyrrole nitrogens is 1. The molecule has 82 valence electrons. The maximum absolute atomic E-state index is 4.26. The van der Waals surface area contributed by atoms with E-state index in [0.717, 1.165) is 22.2 Å². The zero-order chi connectivity index (χ0) is 11.5. The average Bonchev–Trinajstić information content (AvgIpc) is 2.81. The molecule has 0 amide bonds. The molecule has 3 aromatic heterocycles. The fourth-order valence-corrected chi connectivity index (χ4v) is 1.78. The molecule has 0 aliphatic rings. The molecule has 3 rings (SSSR count). The smallest absolute Gasteiger partial charge is 0.137 e. The SMILES string of the molecule is C(=C\c1c[nH]c2ncccc12)/c1cccnc1. The summed E-state index contributed by atoms with van der Waals surface area (Å²) >= 11 is 0. The first kappa shape index (κ1) is 9.78. The van der Waals surface area contributed by atoms with Crippen molar-refractivity contribution in [3.05, 3.63) is 60.2 Å². The molecule has 0 saturated carbocycles. The molecule has 0 saturated heterocycles. The minimum Gasteiger partial charge on any atom is -0.346 e. The predicted octanol–water partition coefficient (Wildman–Crippen LogP) is 3.13. The van der Waals surface area contributed by atoms with Gasteiger partial charge in [0.2, 0.25) is 0 Å². The molecule has 1 N–H and O–H groups in total. The molecule has 0 aliphatic heterocycles. The van der Waals surface area contributed by atoms with Crippen molar-refractivity contribution in [2.24, 2.45) is 0 Å². The fourth-order valence-electron chi connectivity index (χ4n) is 1.78. The van der Waals surface area contributed by atoms with E-state index in [-0.39, 0.29) is 0 Å². The van der Waals surface area contributed by atoms with Crippen LogP contribution in [0.25, 0.3) is 23.2 Å². The second-order valence-electron chi connectivity index (χ2n) is 3.76. The highest BCUT2D eigenvalue weighted by atomic mass is 14.8. The van der Waals surface area contributed by atoms with E-state index in [2.05, 4.69) is 27.1 Å². The number of nitrogens with zero attached hydrogens (tertiary/aromatic N) is 2. The highest BCUT2D eigenvalue weighted by Crippen LogP contribution is 2.17. The summed E-state index contributed by atoms with van der Waals surface area (Å²) < 4.78 is 0. The van der Waals surface area contributed by atoms with Crippen molar-refractivity contribution in [2.45, 2.75) is 0 Å². The maximum Gasteiger partial charge on any atom is 0.137 e. The van der Waals surface area contributed by atoms with Crippen LogP contribution in [0, 0.1) is 0 Å². The largest absolute Gasteiger partial charge is 0.346 e. The van der Waals surface area contributed by atoms with Gasteiger partial charge in [0.1, 0.15) is 5.65 Å². The number of rotatable bonds is 2. The summed E-state index contributed by atoms with van der Waals surface area (Å²) in [5, 5.41) is 1.13. The molecule has 0 aliphatic carbocycles. The molecule has 0 radical (unpaired) electrons. The van der Waals surface area contributed by atoms with Crippen LogP contribution in [0.4, 0.5) is 0 Å². The quantitative estimate of drug-likeness (QED) is 0.722. The molecule has 3 nitrogen and oxygen atoms in total. The fraction of sp³-hybridized carbons (Fsp3) is 0. The number of nitrogens with one attached hydrogen (secondary N) is 1. The summed E-state index contributed by atoms with van der Waals surface area (Å²) in [5.74, 6) is 0. The number of hydrogen-bond acceptors (Lipinski definition) is 2. The van der Waals surface area contributed by atoms with Crippen LogP contribution in [-0.4, -0.2) is 15.0 Å². The Morgan fingerprint density at radius 3 is 2.88 bits per heavy atom. The van der Waals surface area contributed by atoms with E-state index in [4.69, 9.17) is 0 Å². The Morgan fingerprint density at radius 1 is 1.06 bits per heavy atom. The van der Waals surface area contributed by atoms with Crippen LogP contribution in [0.1, 0.15) is 11.1 Å².